The second-order valence-corrected chi connectivity index (χ2v) is 9.51. The van der Waals surface area contributed by atoms with Gasteiger partial charge in [0.1, 0.15) is 12.3 Å². The van der Waals surface area contributed by atoms with E-state index < -0.39 is 28.5 Å². The molecule has 3 rings (SSSR count). The molecule has 2 aromatic carbocycles. The predicted molar refractivity (Wildman–Crippen MR) is 128 cm³/mol. The minimum absolute atomic E-state index is 0.00192. The summed E-state index contributed by atoms with van der Waals surface area (Å²) in [6.07, 6.45) is 0. The van der Waals surface area contributed by atoms with Gasteiger partial charge in [-0.3, -0.25) is 9.78 Å². The fraction of sp³-hybridized carbons (Fsp3) is 0.240. The number of aromatic nitrogens is 1. The molecule has 0 aliphatic heterocycles. The summed E-state index contributed by atoms with van der Waals surface area (Å²) < 4.78 is 42.6. The zero-order valence-electron chi connectivity index (χ0n) is 19.8. The highest BCUT2D eigenvalue weighted by Gasteiger charge is 2.29. The molecule has 0 saturated heterocycles. The molecule has 0 saturated carbocycles. The van der Waals surface area contributed by atoms with Crippen LogP contribution in [0.1, 0.15) is 21.6 Å². The molecule has 0 aliphatic rings. The van der Waals surface area contributed by atoms with Gasteiger partial charge in [-0.2, -0.15) is 4.31 Å². The van der Waals surface area contributed by atoms with E-state index in [1.165, 1.54) is 32.4 Å². The maximum Gasteiger partial charge on any atom is 0.339 e. The van der Waals surface area contributed by atoms with Gasteiger partial charge in [0.15, 0.2) is 0 Å². The lowest BCUT2D eigenvalue weighted by Crippen LogP contribution is -2.36. The maximum absolute atomic E-state index is 13.4. The number of methoxy groups -OCH3 is 3. The molecular weight excluding hydrogens is 472 g/mol. The molecule has 0 bridgehead atoms. The van der Waals surface area contributed by atoms with E-state index in [-0.39, 0.29) is 22.7 Å². The van der Waals surface area contributed by atoms with Gasteiger partial charge in [-0.05, 0) is 55.5 Å². The van der Waals surface area contributed by atoms with E-state index in [4.69, 9.17) is 14.2 Å². The first-order valence-electron chi connectivity index (χ1n) is 10.6. The van der Waals surface area contributed by atoms with Crippen molar-refractivity contribution in [2.45, 2.75) is 18.4 Å². The lowest BCUT2D eigenvalue weighted by atomic mass is 10.1. The van der Waals surface area contributed by atoms with Crippen LogP contribution in [-0.2, 0) is 30.8 Å². The number of rotatable bonds is 9. The summed E-state index contributed by atoms with van der Waals surface area (Å²) >= 11 is 0. The van der Waals surface area contributed by atoms with Gasteiger partial charge in [-0.1, -0.05) is 17.7 Å². The standard InChI is InChI=1S/C25H26N2O7S/c1-17-5-11-20(12-6-17)35(30,31)27(16-24(28)33-3)15-23-21(25(29)34-4)13-14-22(26-23)18-7-9-19(32-2)10-8-18/h5-14H,15-16H2,1-4H3. The van der Waals surface area contributed by atoms with E-state index in [1.807, 2.05) is 6.92 Å². The number of benzene rings is 2. The highest BCUT2D eigenvalue weighted by Crippen LogP contribution is 2.25. The third-order valence-corrected chi connectivity index (χ3v) is 7.09. The van der Waals surface area contributed by atoms with Crippen LogP contribution in [0, 0.1) is 6.92 Å². The Morgan fingerprint density at radius 3 is 2.11 bits per heavy atom. The Morgan fingerprint density at radius 2 is 1.54 bits per heavy atom. The van der Waals surface area contributed by atoms with Gasteiger partial charge in [0.2, 0.25) is 10.0 Å². The first-order valence-corrected chi connectivity index (χ1v) is 12.0. The second kappa shape index (κ2) is 11.1. The zero-order valence-corrected chi connectivity index (χ0v) is 20.7. The Morgan fingerprint density at radius 1 is 0.886 bits per heavy atom. The Labute approximate surface area is 204 Å². The van der Waals surface area contributed by atoms with Crippen molar-refractivity contribution in [3.8, 4) is 17.0 Å². The van der Waals surface area contributed by atoms with Crippen molar-refractivity contribution in [2.24, 2.45) is 0 Å². The average molecular weight is 499 g/mol. The van der Waals surface area contributed by atoms with Crippen LogP contribution >= 0.6 is 0 Å². The van der Waals surface area contributed by atoms with Gasteiger partial charge in [0.25, 0.3) is 0 Å². The van der Waals surface area contributed by atoms with E-state index in [0.717, 1.165) is 15.4 Å². The number of nitrogens with zero attached hydrogens (tertiary/aromatic N) is 2. The topological polar surface area (TPSA) is 112 Å². The van der Waals surface area contributed by atoms with E-state index in [2.05, 4.69) is 4.98 Å². The molecule has 184 valence electrons. The summed E-state index contributed by atoms with van der Waals surface area (Å²) in [6, 6.07) is 16.5. The first-order chi connectivity index (χ1) is 16.7. The molecule has 35 heavy (non-hydrogen) atoms. The van der Waals surface area contributed by atoms with Crippen LogP contribution in [0.5, 0.6) is 5.75 Å². The molecule has 0 amide bonds. The number of esters is 2. The van der Waals surface area contributed by atoms with Crippen LogP contribution in [0.15, 0.2) is 65.6 Å². The number of sulfonamides is 1. The number of hydrogen-bond acceptors (Lipinski definition) is 8. The number of carbonyl (C=O) groups excluding carboxylic acids is 2. The lowest BCUT2D eigenvalue weighted by Gasteiger charge is -2.22. The highest BCUT2D eigenvalue weighted by atomic mass is 32.2. The molecular formula is C25H26N2O7S. The molecule has 0 atom stereocenters. The molecule has 0 N–H and O–H groups in total. The number of ether oxygens (including phenoxy) is 3. The van der Waals surface area contributed by atoms with Crippen LogP contribution in [0.2, 0.25) is 0 Å². The molecule has 10 heteroatoms. The van der Waals surface area contributed by atoms with Crippen molar-refractivity contribution in [1.82, 2.24) is 9.29 Å². The van der Waals surface area contributed by atoms with Gasteiger partial charge >= 0.3 is 11.9 Å². The Bertz CT molecular complexity index is 1300. The van der Waals surface area contributed by atoms with E-state index >= 15 is 0 Å². The number of aryl methyl sites for hydroxylation is 1. The van der Waals surface area contributed by atoms with Gasteiger partial charge < -0.3 is 14.2 Å². The van der Waals surface area contributed by atoms with Crippen molar-refractivity contribution >= 4 is 22.0 Å². The van der Waals surface area contributed by atoms with Gasteiger partial charge in [-0.25, -0.2) is 13.2 Å². The normalized spacial score (nSPS) is 11.2. The van der Waals surface area contributed by atoms with Gasteiger partial charge in [0.05, 0.1) is 49.7 Å². The van der Waals surface area contributed by atoms with Crippen LogP contribution in [0.3, 0.4) is 0 Å². The van der Waals surface area contributed by atoms with Crippen LogP contribution in [0.4, 0.5) is 0 Å². The number of carbonyl (C=O) groups is 2. The summed E-state index contributed by atoms with van der Waals surface area (Å²) in [5.41, 5.74) is 2.32. The number of pyridine rings is 1. The molecule has 0 unspecified atom stereocenters. The Kier molecular flexibility index (Phi) is 8.21. The Hall–Kier alpha value is -3.76. The van der Waals surface area contributed by atoms with E-state index in [1.54, 1.807) is 49.6 Å². The summed E-state index contributed by atoms with van der Waals surface area (Å²) in [7, 11) is -0.187. The second-order valence-electron chi connectivity index (χ2n) is 7.57. The van der Waals surface area contributed by atoms with Gasteiger partial charge in [-0.15, -0.1) is 0 Å². The monoisotopic (exact) mass is 498 g/mol. The van der Waals surface area contributed by atoms with E-state index in [9.17, 15) is 18.0 Å². The molecule has 9 nitrogen and oxygen atoms in total. The van der Waals surface area contributed by atoms with Crippen molar-refractivity contribution in [2.75, 3.05) is 27.9 Å². The maximum atomic E-state index is 13.4. The largest absolute Gasteiger partial charge is 0.497 e. The van der Waals surface area contributed by atoms with Crippen molar-refractivity contribution < 1.29 is 32.2 Å². The molecule has 3 aromatic rings. The Balaban J connectivity index is 2.09. The smallest absolute Gasteiger partial charge is 0.339 e. The minimum atomic E-state index is -4.13. The minimum Gasteiger partial charge on any atom is -0.497 e. The highest BCUT2D eigenvalue weighted by molar-refractivity contribution is 7.89. The molecule has 0 aliphatic carbocycles. The molecule has 0 spiro atoms. The van der Waals surface area contributed by atoms with Crippen LogP contribution < -0.4 is 4.74 Å². The van der Waals surface area contributed by atoms with Crippen molar-refractivity contribution in [1.29, 1.82) is 0 Å². The van der Waals surface area contributed by atoms with E-state index in [0.29, 0.717) is 11.4 Å². The van der Waals surface area contributed by atoms with Crippen molar-refractivity contribution in [3.05, 3.63) is 77.5 Å². The summed E-state index contributed by atoms with van der Waals surface area (Å²) in [6.45, 7) is 0.904. The van der Waals surface area contributed by atoms with Crippen LogP contribution in [0.25, 0.3) is 11.3 Å². The fourth-order valence-corrected chi connectivity index (χ4v) is 4.65. The summed E-state index contributed by atoms with van der Waals surface area (Å²) in [5.74, 6) is -0.778. The molecule has 1 heterocycles. The first kappa shape index (κ1) is 25.9. The quantitative estimate of drug-likeness (QED) is 0.414. The van der Waals surface area contributed by atoms with Crippen molar-refractivity contribution in [3.63, 3.8) is 0 Å². The SMILES string of the molecule is COC(=O)CN(Cc1nc(-c2ccc(OC)cc2)ccc1C(=O)OC)S(=O)(=O)c1ccc(C)cc1. The lowest BCUT2D eigenvalue weighted by molar-refractivity contribution is -0.140. The number of hydrogen-bond donors (Lipinski definition) is 0. The third kappa shape index (κ3) is 6.03. The summed E-state index contributed by atoms with van der Waals surface area (Å²) in [5, 5.41) is 0. The van der Waals surface area contributed by atoms with Gasteiger partial charge in [0, 0.05) is 5.56 Å². The summed E-state index contributed by atoms with van der Waals surface area (Å²) in [4.78, 5) is 29.1. The third-order valence-electron chi connectivity index (χ3n) is 5.28. The fourth-order valence-electron chi connectivity index (χ4n) is 3.30. The van der Waals surface area contributed by atoms with Crippen LogP contribution in [-0.4, -0.2) is 57.5 Å². The zero-order chi connectivity index (χ0) is 25.6. The molecule has 1 aromatic heterocycles. The predicted octanol–water partition coefficient (Wildman–Crippen LogP) is 3.22. The average Bonchev–Trinajstić information content (AvgIpc) is 2.88. The molecule has 0 radical (unpaired) electrons. The molecule has 0 fully saturated rings.